The Morgan fingerprint density at radius 2 is 2.32 bits per heavy atom. The fourth-order valence-corrected chi connectivity index (χ4v) is 2.11. The van der Waals surface area contributed by atoms with E-state index in [9.17, 15) is 4.79 Å². The Morgan fingerprint density at radius 3 is 2.89 bits per heavy atom. The molecule has 1 rings (SSSR count). The van der Waals surface area contributed by atoms with E-state index in [1.807, 2.05) is 18.2 Å². The number of nitrogens with zero attached hydrogens (tertiary/aromatic N) is 1. The summed E-state index contributed by atoms with van der Waals surface area (Å²) in [6.45, 7) is 3.40. The van der Waals surface area contributed by atoms with E-state index in [1.54, 1.807) is 6.08 Å². The van der Waals surface area contributed by atoms with Gasteiger partial charge in [-0.05, 0) is 30.2 Å². The zero-order valence-corrected chi connectivity index (χ0v) is 12.4. The molecule has 0 heterocycles. The summed E-state index contributed by atoms with van der Waals surface area (Å²) in [5.41, 5.74) is 1.78. The average Bonchev–Trinajstić information content (AvgIpc) is 2.37. The lowest BCUT2D eigenvalue weighted by atomic mass is 10.1. The Hall–Kier alpha value is -1.73. The summed E-state index contributed by atoms with van der Waals surface area (Å²) >= 11 is 3.43. The maximum atomic E-state index is 10.6. The number of carboxylic acids is 1. The van der Waals surface area contributed by atoms with E-state index in [0.29, 0.717) is 6.54 Å². The van der Waals surface area contributed by atoms with Gasteiger partial charge in [0.1, 0.15) is 0 Å². The van der Waals surface area contributed by atoms with Crippen LogP contribution in [0.15, 0.2) is 28.7 Å². The predicted octanol–water partition coefficient (Wildman–Crippen LogP) is 3.40. The second kappa shape index (κ2) is 7.65. The lowest BCUT2D eigenvalue weighted by Crippen LogP contribution is -2.25. The first kappa shape index (κ1) is 15.3. The van der Waals surface area contributed by atoms with Gasteiger partial charge in [-0.3, -0.25) is 0 Å². The topological polar surface area (TPSA) is 40.5 Å². The maximum Gasteiger partial charge on any atom is 0.328 e. The minimum atomic E-state index is -0.965. The molecule has 0 saturated heterocycles. The number of hydrogen-bond acceptors (Lipinski definition) is 2. The molecule has 1 aromatic rings. The second-order valence-electron chi connectivity index (χ2n) is 4.00. The number of carboxylic acid groups (broad SMARTS) is 1. The molecular weight excluding hydrogens is 306 g/mol. The Balaban J connectivity index is 3.17. The van der Waals surface area contributed by atoms with Gasteiger partial charge in [-0.2, -0.15) is 0 Å². The highest BCUT2D eigenvalue weighted by Crippen LogP contribution is 2.26. The van der Waals surface area contributed by atoms with E-state index >= 15 is 0 Å². The van der Waals surface area contributed by atoms with Gasteiger partial charge in [0.2, 0.25) is 0 Å². The fraction of sp³-hybridized carbons (Fsp3) is 0.267. The van der Waals surface area contributed by atoms with E-state index in [2.05, 4.69) is 33.7 Å². The highest BCUT2D eigenvalue weighted by molar-refractivity contribution is 9.10. The smallest absolute Gasteiger partial charge is 0.328 e. The molecule has 100 valence electrons. The summed E-state index contributed by atoms with van der Waals surface area (Å²) in [6, 6.07) is 5.71. The number of anilines is 1. The first-order chi connectivity index (χ1) is 9.08. The normalized spacial score (nSPS) is 10.4. The molecule has 0 saturated carbocycles. The van der Waals surface area contributed by atoms with Gasteiger partial charge in [-0.25, -0.2) is 4.79 Å². The zero-order chi connectivity index (χ0) is 14.3. The number of benzene rings is 1. The molecular formula is C15H16BrNO2. The molecule has 0 aliphatic rings. The molecule has 0 aliphatic heterocycles. The van der Waals surface area contributed by atoms with E-state index in [0.717, 1.165) is 34.8 Å². The Morgan fingerprint density at radius 1 is 1.58 bits per heavy atom. The highest BCUT2D eigenvalue weighted by Gasteiger charge is 2.09. The second-order valence-corrected chi connectivity index (χ2v) is 4.92. The molecule has 0 radical (unpaired) electrons. The molecule has 0 unspecified atom stereocenters. The predicted molar refractivity (Wildman–Crippen MR) is 82.1 cm³/mol. The molecule has 0 aliphatic carbocycles. The number of terminal acetylenes is 1. The van der Waals surface area contributed by atoms with Crippen molar-refractivity contribution in [2.45, 2.75) is 13.3 Å². The third kappa shape index (κ3) is 4.80. The molecule has 4 heteroatoms. The maximum absolute atomic E-state index is 10.6. The molecule has 1 N–H and O–H groups in total. The number of carbonyl (C=O) groups is 1. The van der Waals surface area contributed by atoms with E-state index in [-0.39, 0.29) is 0 Å². The van der Waals surface area contributed by atoms with Crippen LogP contribution in [-0.4, -0.2) is 24.2 Å². The summed E-state index contributed by atoms with van der Waals surface area (Å²) in [6.07, 6.45) is 9.08. The van der Waals surface area contributed by atoms with Crippen molar-refractivity contribution in [3.63, 3.8) is 0 Å². The standard InChI is InChI=1S/C15H16BrNO2/c1-3-9-17(10-4-2)14-11-13(16)7-5-12(14)6-8-15(18)19/h1,5-8,11H,4,9-10H2,2H3,(H,18,19)/b8-6+. The number of aliphatic carboxylic acids is 1. The molecule has 3 nitrogen and oxygen atoms in total. The van der Waals surface area contributed by atoms with Gasteiger partial charge < -0.3 is 10.0 Å². The summed E-state index contributed by atoms with van der Waals surface area (Å²) in [4.78, 5) is 12.7. The summed E-state index contributed by atoms with van der Waals surface area (Å²) in [5, 5.41) is 8.72. The van der Waals surface area contributed by atoms with Crippen molar-refractivity contribution < 1.29 is 9.90 Å². The largest absolute Gasteiger partial charge is 0.478 e. The third-order valence-corrected chi connectivity index (χ3v) is 3.01. The number of hydrogen-bond donors (Lipinski definition) is 1. The van der Waals surface area contributed by atoms with Crippen LogP contribution in [0.3, 0.4) is 0 Å². The van der Waals surface area contributed by atoms with E-state index < -0.39 is 5.97 Å². The lowest BCUT2D eigenvalue weighted by molar-refractivity contribution is -0.131. The van der Waals surface area contributed by atoms with Crippen molar-refractivity contribution in [2.24, 2.45) is 0 Å². The van der Waals surface area contributed by atoms with Crippen molar-refractivity contribution in [2.75, 3.05) is 18.0 Å². The lowest BCUT2D eigenvalue weighted by Gasteiger charge is -2.24. The van der Waals surface area contributed by atoms with Gasteiger partial charge in [0.25, 0.3) is 0 Å². The molecule has 0 fully saturated rings. The SMILES string of the molecule is C#CCN(CCC)c1cc(Br)ccc1/C=C/C(=O)O. The summed E-state index contributed by atoms with van der Waals surface area (Å²) < 4.78 is 0.938. The number of halogens is 1. The van der Waals surface area contributed by atoms with Crippen LogP contribution in [0.25, 0.3) is 6.08 Å². The average molecular weight is 322 g/mol. The zero-order valence-electron chi connectivity index (χ0n) is 10.8. The van der Waals surface area contributed by atoms with Crippen LogP contribution in [0.2, 0.25) is 0 Å². The first-order valence-corrected chi connectivity index (χ1v) is 6.76. The van der Waals surface area contributed by atoms with Crippen molar-refractivity contribution in [1.82, 2.24) is 0 Å². The van der Waals surface area contributed by atoms with Gasteiger partial charge in [0.15, 0.2) is 0 Å². The van der Waals surface area contributed by atoms with Crippen LogP contribution in [0, 0.1) is 12.3 Å². The van der Waals surface area contributed by atoms with E-state index in [1.165, 1.54) is 0 Å². The summed E-state index contributed by atoms with van der Waals surface area (Å²) in [7, 11) is 0. The first-order valence-electron chi connectivity index (χ1n) is 5.97. The molecule has 1 aromatic carbocycles. The molecule has 0 bridgehead atoms. The van der Waals surface area contributed by atoms with Crippen LogP contribution in [0.1, 0.15) is 18.9 Å². The van der Waals surface area contributed by atoms with Crippen LogP contribution in [0.5, 0.6) is 0 Å². The van der Waals surface area contributed by atoms with Crippen LogP contribution < -0.4 is 4.90 Å². The highest BCUT2D eigenvalue weighted by atomic mass is 79.9. The van der Waals surface area contributed by atoms with Gasteiger partial charge >= 0.3 is 5.97 Å². The third-order valence-electron chi connectivity index (χ3n) is 2.51. The molecule has 0 amide bonds. The van der Waals surface area contributed by atoms with Gasteiger partial charge in [-0.15, -0.1) is 6.42 Å². The molecule has 19 heavy (non-hydrogen) atoms. The quantitative estimate of drug-likeness (QED) is 0.645. The Bertz CT molecular complexity index is 517. The minimum absolute atomic E-state index is 0.498. The number of rotatable bonds is 6. The fourth-order valence-electron chi connectivity index (χ4n) is 1.76. The Labute approximate surface area is 122 Å². The van der Waals surface area contributed by atoms with E-state index in [4.69, 9.17) is 11.5 Å². The van der Waals surface area contributed by atoms with Gasteiger partial charge in [0.05, 0.1) is 6.54 Å². The van der Waals surface area contributed by atoms with Crippen LogP contribution in [-0.2, 0) is 4.79 Å². The van der Waals surface area contributed by atoms with Gasteiger partial charge in [-0.1, -0.05) is 34.8 Å². The minimum Gasteiger partial charge on any atom is -0.478 e. The van der Waals surface area contributed by atoms with Gasteiger partial charge in [0, 0.05) is 22.8 Å². The molecule has 0 atom stereocenters. The Kier molecular flexibility index (Phi) is 6.17. The van der Waals surface area contributed by atoms with Crippen molar-refractivity contribution in [3.8, 4) is 12.3 Å². The van der Waals surface area contributed by atoms with Crippen LogP contribution in [0.4, 0.5) is 5.69 Å². The van der Waals surface area contributed by atoms with Crippen LogP contribution >= 0.6 is 15.9 Å². The van der Waals surface area contributed by atoms with Crippen molar-refractivity contribution >= 4 is 33.7 Å². The van der Waals surface area contributed by atoms with Crippen molar-refractivity contribution in [1.29, 1.82) is 0 Å². The monoisotopic (exact) mass is 321 g/mol. The van der Waals surface area contributed by atoms with Crippen molar-refractivity contribution in [3.05, 3.63) is 34.3 Å². The molecule has 0 spiro atoms. The summed E-state index contributed by atoms with van der Waals surface area (Å²) in [5.74, 6) is 1.67. The molecule has 0 aromatic heterocycles.